The molecule has 2 aromatic rings. The minimum Gasteiger partial charge on any atom is -0.392 e. The van der Waals surface area contributed by atoms with Gasteiger partial charge in [-0.05, 0) is 51.0 Å². The number of aryl methyl sites for hydroxylation is 1. The molecule has 1 aliphatic rings. The summed E-state index contributed by atoms with van der Waals surface area (Å²) >= 11 is 0. The van der Waals surface area contributed by atoms with Crippen molar-refractivity contribution in [2.24, 2.45) is 0 Å². The molecule has 0 N–H and O–H groups in total. The van der Waals surface area contributed by atoms with E-state index in [9.17, 15) is 0 Å². The maximum absolute atomic E-state index is 5.94. The second kappa shape index (κ2) is 5.16. The van der Waals surface area contributed by atoms with Crippen LogP contribution in [0.3, 0.4) is 0 Å². The van der Waals surface area contributed by atoms with Gasteiger partial charge in [0.2, 0.25) is 0 Å². The lowest BCUT2D eigenvalue weighted by molar-refractivity contribution is 0.00578. The van der Waals surface area contributed by atoms with Gasteiger partial charge in [-0.15, -0.1) is 0 Å². The SMILES string of the molecule is Cc1ccc2ccccc2c1C#CB1OC(C)(C)C(C)(C)O1. The fraction of sp³-hybridized carbons (Fsp3) is 0.368. The predicted octanol–water partition coefficient (Wildman–Crippen LogP) is 4.13. The Labute approximate surface area is 133 Å². The van der Waals surface area contributed by atoms with Gasteiger partial charge >= 0.3 is 7.12 Å². The van der Waals surface area contributed by atoms with Crippen LogP contribution in [0.2, 0.25) is 0 Å². The first-order chi connectivity index (χ1) is 10.3. The lowest BCUT2D eigenvalue weighted by atomic mass is 9.90. The summed E-state index contributed by atoms with van der Waals surface area (Å²) in [6.45, 7) is 10.2. The van der Waals surface area contributed by atoms with Crippen molar-refractivity contribution < 1.29 is 9.31 Å². The summed E-state index contributed by atoms with van der Waals surface area (Å²) in [5.41, 5.74) is 1.52. The molecule has 0 atom stereocenters. The summed E-state index contributed by atoms with van der Waals surface area (Å²) in [6.07, 6.45) is 0. The molecule has 0 saturated carbocycles. The summed E-state index contributed by atoms with van der Waals surface area (Å²) in [7, 11) is -0.483. The van der Waals surface area contributed by atoms with Crippen LogP contribution in [0.15, 0.2) is 36.4 Å². The zero-order chi connectivity index (χ0) is 16.0. The summed E-state index contributed by atoms with van der Waals surface area (Å²) in [4.78, 5) is 0. The van der Waals surface area contributed by atoms with E-state index in [1.807, 2.05) is 39.8 Å². The molecule has 0 aliphatic carbocycles. The molecule has 2 nitrogen and oxygen atoms in total. The van der Waals surface area contributed by atoms with Crippen molar-refractivity contribution in [2.45, 2.75) is 45.8 Å². The lowest BCUT2D eigenvalue weighted by Gasteiger charge is -2.32. The largest absolute Gasteiger partial charge is 0.551 e. The van der Waals surface area contributed by atoms with Crippen molar-refractivity contribution in [1.82, 2.24) is 0 Å². The van der Waals surface area contributed by atoms with Crippen LogP contribution in [0, 0.1) is 18.7 Å². The van der Waals surface area contributed by atoms with E-state index in [0.29, 0.717) is 0 Å². The third-order valence-corrected chi connectivity index (χ3v) is 4.71. The molecule has 1 saturated heterocycles. The van der Waals surface area contributed by atoms with Crippen molar-refractivity contribution in [3.63, 3.8) is 0 Å². The second-order valence-corrected chi connectivity index (χ2v) is 6.84. The molecule has 0 bridgehead atoms. The van der Waals surface area contributed by atoms with Gasteiger partial charge in [0.25, 0.3) is 0 Å². The first kappa shape index (κ1) is 15.2. The van der Waals surface area contributed by atoms with Gasteiger partial charge in [0, 0.05) is 5.56 Å². The van der Waals surface area contributed by atoms with E-state index in [1.54, 1.807) is 0 Å². The third-order valence-electron chi connectivity index (χ3n) is 4.71. The summed E-state index contributed by atoms with van der Waals surface area (Å²) in [6, 6.07) is 12.5. The van der Waals surface area contributed by atoms with E-state index in [0.717, 1.165) is 5.56 Å². The number of fused-ring (bicyclic) bond motifs is 1. The van der Waals surface area contributed by atoms with E-state index in [1.165, 1.54) is 16.3 Å². The Morgan fingerprint density at radius 3 is 2.23 bits per heavy atom. The molecule has 1 heterocycles. The van der Waals surface area contributed by atoms with Crippen LogP contribution in [0.4, 0.5) is 0 Å². The Morgan fingerprint density at radius 1 is 0.909 bits per heavy atom. The predicted molar refractivity (Wildman–Crippen MR) is 91.6 cm³/mol. The average Bonchev–Trinajstić information content (AvgIpc) is 2.65. The van der Waals surface area contributed by atoms with Crippen LogP contribution in [0.1, 0.15) is 38.8 Å². The summed E-state index contributed by atoms with van der Waals surface area (Å²) < 4.78 is 11.9. The molecule has 2 aromatic carbocycles. The first-order valence-corrected chi connectivity index (χ1v) is 7.66. The fourth-order valence-corrected chi connectivity index (χ4v) is 2.58. The standard InChI is InChI=1S/C19H21BO2/c1-14-10-11-15-8-6-7-9-17(15)16(14)12-13-20-21-18(2,3)19(4,5)22-20/h6-11H,1-5H3. The summed E-state index contributed by atoms with van der Waals surface area (Å²) in [5, 5.41) is 2.37. The Balaban J connectivity index is 1.98. The average molecular weight is 292 g/mol. The van der Waals surface area contributed by atoms with Gasteiger partial charge in [0.1, 0.15) is 0 Å². The number of rotatable bonds is 0. The number of hydrogen-bond donors (Lipinski definition) is 0. The minimum absolute atomic E-state index is 0.347. The van der Waals surface area contributed by atoms with Crippen LogP contribution in [-0.2, 0) is 9.31 Å². The zero-order valence-electron chi connectivity index (χ0n) is 13.9. The van der Waals surface area contributed by atoms with E-state index < -0.39 is 7.12 Å². The Bertz CT molecular complexity index is 765. The highest BCUT2D eigenvalue weighted by Gasteiger charge is 2.50. The molecule has 112 valence electrons. The number of hydrogen-bond acceptors (Lipinski definition) is 2. The maximum Gasteiger partial charge on any atom is 0.551 e. The van der Waals surface area contributed by atoms with Crippen molar-refractivity contribution >= 4 is 17.9 Å². The second-order valence-electron chi connectivity index (χ2n) is 6.84. The summed E-state index contributed by atoms with van der Waals surface area (Å²) in [5.74, 6) is 6.42. The van der Waals surface area contributed by atoms with E-state index in [4.69, 9.17) is 9.31 Å². The van der Waals surface area contributed by atoms with Gasteiger partial charge in [-0.3, -0.25) is 0 Å². The monoisotopic (exact) mass is 292 g/mol. The highest BCUT2D eigenvalue weighted by atomic mass is 16.7. The van der Waals surface area contributed by atoms with Gasteiger partial charge in [-0.1, -0.05) is 48.1 Å². The Kier molecular flexibility index (Phi) is 3.55. The molecule has 0 aromatic heterocycles. The quantitative estimate of drug-likeness (QED) is 0.537. The van der Waals surface area contributed by atoms with Crippen molar-refractivity contribution in [2.75, 3.05) is 0 Å². The topological polar surface area (TPSA) is 18.5 Å². The van der Waals surface area contributed by atoms with Crippen molar-refractivity contribution in [3.8, 4) is 11.7 Å². The van der Waals surface area contributed by atoms with Crippen LogP contribution < -0.4 is 0 Å². The maximum atomic E-state index is 5.94. The zero-order valence-corrected chi connectivity index (χ0v) is 13.9. The molecule has 0 amide bonds. The molecular formula is C19H21BO2. The van der Waals surface area contributed by atoms with Crippen molar-refractivity contribution in [3.05, 3.63) is 47.5 Å². The van der Waals surface area contributed by atoms with E-state index in [-0.39, 0.29) is 11.2 Å². The lowest BCUT2D eigenvalue weighted by Crippen LogP contribution is -2.41. The van der Waals surface area contributed by atoms with Crippen LogP contribution in [0.25, 0.3) is 10.8 Å². The van der Waals surface area contributed by atoms with Crippen LogP contribution >= 0.6 is 0 Å². The van der Waals surface area contributed by atoms with Crippen LogP contribution in [0.5, 0.6) is 0 Å². The molecular weight excluding hydrogens is 271 g/mol. The molecule has 3 rings (SSSR count). The highest BCUT2D eigenvalue weighted by molar-refractivity contribution is 6.55. The smallest absolute Gasteiger partial charge is 0.392 e. The fourth-order valence-electron chi connectivity index (χ4n) is 2.58. The Morgan fingerprint density at radius 2 is 1.55 bits per heavy atom. The molecule has 1 aliphatic heterocycles. The molecule has 3 heteroatoms. The van der Waals surface area contributed by atoms with Gasteiger partial charge in [0.15, 0.2) is 0 Å². The molecule has 1 fully saturated rings. The molecule has 0 spiro atoms. The van der Waals surface area contributed by atoms with E-state index >= 15 is 0 Å². The first-order valence-electron chi connectivity index (χ1n) is 7.66. The number of benzene rings is 2. The Hall–Kier alpha value is -1.76. The normalized spacial score (nSPS) is 19.0. The van der Waals surface area contributed by atoms with Gasteiger partial charge in [-0.25, -0.2) is 0 Å². The van der Waals surface area contributed by atoms with E-state index in [2.05, 4.69) is 42.9 Å². The van der Waals surface area contributed by atoms with Crippen LogP contribution in [-0.4, -0.2) is 18.3 Å². The van der Waals surface area contributed by atoms with Gasteiger partial charge in [-0.2, -0.15) is 0 Å². The van der Waals surface area contributed by atoms with Gasteiger partial charge in [0.05, 0.1) is 11.2 Å². The minimum atomic E-state index is -0.483. The molecule has 22 heavy (non-hydrogen) atoms. The van der Waals surface area contributed by atoms with Crippen molar-refractivity contribution in [1.29, 1.82) is 0 Å². The highest BCUT2D eigenvalue weighted by Crippen LogP contribution is 2.36. The molecule has 0 unspecified atom stereocenters. The third kappa shape index (κ3) is 2.54. The molecule has 0 radical (unpaired) electrons. The van der Waals surface area contributed by atoms with Gasteiger partial charge < -0.3 is 9.31 Å².